The first kappa shape index (κ1) is 16.6. The van der Waals surface area contributed by atoms with Gasteiger partial charge in [-0.15, -0.1) is 0 Å². The molecular formula is C17H25F2N3O. The van der Waals surface area contributed by atoms with E-state index >= 15 is 0 Å². The van der Waals surface area contributed by atoms with Gasteiger partial charge in [0.05, 0.1) is 6.33 Å². The zero-order chi connectivity index (χ0) is 16.2. The van der Waals surface area contributed by atoms with Crippen molar-refractivity contribution in [3.63, 3.8) is 0 Å². The zero-order valence-electron chi connectivity index (χ0n) is 13.5. The summed E-state index contributed by atoms with van der Waals surface area (Å²) in [6, 6.07) is 0.958. The van der Waals surface area contributed by atoms with Crippen LogP contribution in [0.3, 0.4) is 0 Å². The lowest BCUT2D eigenvalue weighted by Crippen LogP contribution is -2.38. The van der Waals surface area contributed by atoms with Gasteiger partial charge in [0.25, 0.3) is 12.0 Å². The van der Waals surface area contributed by atoms with Crippen LogP contribution in [0.2, 0.25) is 0 Å². The molecule has 0 N–H and O–H groups in total. The van der Waals surface area contributed by atoms with Gasteiger partial charge in [0.1, 0.15) is 5.69 Å². The number of likely N-dealkylation sites (tertiary alicyclic amines) is 1. The van der Waals surface area contributed by atoms with Crippen molar-refractivity contribution in [2.24, 2.45) is 11.8 Å². The quantitative estimate of drug-likeness (QED) is 0.835. The molecule has 0 amide bonds. The Labute approximate surface area is 135 Å². The van der Waals surface area contributed by atoms with E-state index in [-0.39, 0.29) is 5.56 Å². The number of halogens is 2. The molecule has 0 aromatic carbocycles. The highest BCUT2D eigenvalue weighted by molar-refractivity contribution is 5.00. The van der Waals surface area contributed by atoms with Gasteiger partial charge in [0.15, 0.2) is 0 Å². The van der Waals surface area contributed by atoms with Gasteiger partial charge in [-0.25, -0.2) is 13.8 Å². The Bertz CT molecular complexity index is 561. The summed E-state index contributed by atoms with van der Waals surface area (Å²) in [6.45, 7) is 3.97. The summed E-state index contributed by atoms with van der Waals surface area (Å²) in [4.78, 5) is 18.1. The Morgan fingerprint density at radius 1 is 1.09 bits per heavy atom. The third-order valence-corrected chi connectivity index (χ3v) is 5.28. The molecule has 3 rings (SSSR count). The molecule has 1 aromatic heterocycles. The van der Waals surface area contributed by atoms with Crippen LogP contribution in [0, 0.1) is 11.8 Å². The van der Waals surface area contributed by atoms with Crippen LogP contribution in [0.4, 0.5) is 8.78 Å². The third kappa shape index (κ3) is 4.37. The maximum atomic E-state index is 12.5. The average molecular weight is 325 g/mol. The van der Waals surface area contributed by atoms with Crippen LogP contribution in [0.5, 0.6) is 0 Å². The number of nitrogens with zero attached hydrogens (tertiary/aromatic N) is 3. The lowest BCUT2D eigenvalue weighted by Gasteiger charge is -2.33. The van der Waals surface area contributed by atoms with E-state index in [1.807, 2.05) is 0 Å². The highest BCUT2D eigenvalue weighted by Gasteiger charge is 2.24. The van der Waals surface area contributed by atoms with Gasteiger partial charge >= 0.3 is 0 Å². The summed E-state index contributed by atoms with van der Waals surface area (Å²) in [6.07, 6.45) is 6.23. The molecular weight excluding hydrogens is 300 g/mol. The van der Waals surface area contributed by atoms with E-state index < -0.39 is 12.1 Å². The molecule has 23 heavy (non-hydrogen) atoms. The largest absolute Gasteiger partial charge is 0.303 e. The molecule has 2 heterocycles. The smallest absolute Gasteiger partial charge is 0.280 e. The Morgan fingerprint density at radius 2 is 1.74 bits per heavy atom. The number of hydrogen-bond acceptors (Lipinski definition) is 3. The van der Waals surface area contributed by atoms with Gasteiger partial charge in [-0.3, -0.25) is 9.36 Å². The number of alkyl halides is 2. The molecule has 2 fully saturated rings. The van der Waals surface area contributed by atoms with Crippen LogP contribution >= 0.6 is 0 Å². The number of piperidine rings is 1. The molecule has 128 valence electrons. The Morgan fingerprint density at radius 3 is 2.35 bits per heavy atom. The Hall–Kier alpha value is -1.30. The fourth-order valence-electron chi connectivity index (χ4n) is 3.88. The molecule has 0 bridgehead atoms. The number of aromatic nitrogens is 2. The monoisotopic (exact) mass is 325 g/mol. The van der Waals surface area contributed by atoms with Crippen molar-refractivity contribution in [2.75, 3.05) is 19.6 Å². The molecule has 1 aliphatic carbocycles. The maximum Gasteiger partial charge on any atom is 0.280 e. The number of hydrogen-bond donors (Lipinski definition) is 0. The lowest BCUT2D eigenvalue weighted by molar-refractivity contribution is 0.143. The van der Waals surface area contributed by atoms with Crippen LogP contribution in [-0.2, 0) is 6.54 Å². The molecule has 4 nitrogen and oxygen atoms in total. The molecule has 1 aliphatic heterocycles. The summed E-state index contributed by atoms with van der Waals surface area (Å²) in [5, 5.41) is 0. The average Bonchev–Trinajstić information content (AvgIpc) is 3.04. The van der Waals surface area contributed by atoms with Crippen molar-refractivity contribution >= 4 is 0 Å². The van der Waals surface area contributed by atoms with E-state index in [9.17, 15) is 13.6 Å². The van der Waals surface area contributed by atoms with Crippen molar-refractivity contribution in [3.8, 4) is 0 Å². The fraction of sp³-hybridized carbons (Fsp3) is 0.765. The predicted molar refractivity (Wildman–Crippen MR) is 84.6 cm³/mol. The van der Waals surface area contributed by atoms with Gasteiger partial charge < -0.3 is 4.90 Å². The predicted octanol–water partition coefficient (Wildman–Crippen LogP) is 3.08. The molecule has 0 radical (unpaired) electrons. The van der Waals surface area contributed by atoms with Gasteiger partial charge in [-0.2, -0.15) is 0 Å². The molecule has 1 aromatic rings. The van der Waals surface area contributed by atoms with Crippen molar-refractivity contribution in [3.05, 3.63) is 28.4 Å². The van der Waals surface area contributed by atoms with Crippen LogP contribution in [0.25, 0.3) is 0 Å². The van der Waals surface area contributed by atoms with E-state index in [0.29, 0.717) is 12.5 Å². The first-order valence-corrected chi connectivity index (χ1v) is 8.68. The van der Waals surface area contributed by atoms with Crippen LogP contribution < -0.4 is 5.56 Å². The van der Waals surface area contributed by atoms with Gasteiger partial charge in [0.2, 0.25) is 0 Å². The third-order valence-electron chi connectivity index (χ3n) is 5.28. The van der Waals surface area contributed by atoms with Gasteiger partial charge in [-0.05, 0) is 50.6 Å². The minimum Gasteiger partial charge on any atom is -0.303 e. The van der Waals surface area contributed by atoms with E-state index in [4.69, 9.17) is 0 Å². The highest BCUT2D eigenvalue weighted by Crippen LogP contribution is 2.27. The molecule has 1 saturated carbocycles. The van der Waals surface area contributed by atoms with Crippen molar-refractivity contribution in [1.82, 2.24) is 14.5 Å². The summed E-state index contributed by atoms with van der Waals surface area (Å²) in [5.41, 5.74) is -0.804. The highest BCUT2D eigenvalue weighted by atomic mass is 19.3. The number of rotatable bonds is 5. The van der Waals surface area contributed by atoms with Crippen molar-refractivity contribution in [2.45, 2.75) is 51.5 Å². The second-order valence-corrected chi connectivity index (χ2v) is 7.00. The SMILES string of the molecule is O=c1cc(C(F)F)ncn1CC1CCN(CC2CCCC2)CC1. The molecule has 0 unspecified atom stereocenters. The van der Waals surface area contributed by atoms with E-state index in [1.54, 1.807) is 0 Å². The summed E-state index contributed by atoms with van der Waals surface area (Å²) >= 11 is 0. The Balaban J connectivity index is 1.49. The summed E-state index contributed by atoms with van der Waals surface area (Å²) < 4.78 is 26.5. The van der Waals surface area contributed by atoms with Gasteiger partial charge in [0, 0.05) is 19.2 Å². The molecule has 6 heteroatoms. The molecule has 0 atom stereocenters. The van der Waals surface area contributed by atoms with Crippen LogP contribution in [0.15, 0.2) is 17.2 Å². The second kappa shape index (κ2) is 7.51. The summed E-state index contributed by atoms with van der Waals surface area (Å²) in [7, 11) is 0. The first-order valence-electron chi connectivity index (χ1n) is 8.68. The van der Waals surface area contributed by atoms with Crippen LogP contribution in [-0.4, -0.2) is 34.1 Å². The van der Waals surface area contributed by atoms with Crippen molar-refractivity contribution < 1.29 is 8.78 Å². The lowest BCUT2D eigenvalue weighted by atomic mass is 9.95. The van der Waals surface area contributed by atoms with E-state index in [2.05, 4.69) is 9.88 Å². The molecule has 1 saturated heterocycles. The first-order chi connectivity index (χ1) is 11.1. The minimum atomic E-state index is -2.68. The molecule has 0 spiro atoms. The Kier molecular flexibility index (Phi) is 5.41. The zero-order valence-corrected chi connectivity index (χ0v) is 13.5. The van der Waals surface area contributed by atoms with Gasteiger partial charge in [-0.1, -0.05) is 12.8 Å². The second-order valence-electron chi connectivity index (χ2n) is 7.00. The summed E-state index contributed by atoms with van der Waals surface area (Å²) in [5.74, 6) is 1.31. The fourth-order valence-corrected chi connectivity index (χ4v) is 3.88. The normalized spacial score (nSPS) is 21.3. The minimum absolute atomic E-state index is 0.372. The van der Waals surface area contributed by atoms with E-state index in [1.165, 1.54) is 43.1 Å². The topological polar surface area (TPSA) is 38.1 Å². The van der Waals surface area contributed by atoms with E-state index in [0.717, 1.165) is 37.9 Å². The molecule has 2 aliphatic rings. The standard InChI is InChI=1S/C17H25F2N3O/c18-17(19)15-9-16(23)22(12-20-15)11-14-5-7-21(8-6-14)10-13-3-1-2-4-13/h9,12-14,17H,1-8,10-11H2. The van der Waals surface area contributed by atoms with Crippen molar-refractivity contribution in [1.29, 1.82) is 0 Å². The maximum absolute atomic E-state index is 12.5. The van der Waals surface area contributed by atoms with Crippen LogP contribution in [0.1, 0.15) is 50.6 Å².